The zero-order valence-electron chi connectivity index (χ0n) is 10.0. The Kier molecular flexibility index (Phi) is 2.72. The molecule has 0 bridgehead atoms. The Morgan fingerprint density at radius 3 is 2.81 bits per heavy atom. The third-order valence-corrected chi connectivity index (χ3v) is 4.07. The maximum absolute atomic E-state index is 4.38. The van der Waals surface area contributed by atoms with Crippen LogP contribution < -0.4 is 5.32 Å². The van der Waals surface area contributed by atoms with Crippen LogP contribution >= 0.6 is 0 Å². The third-order valence-electron chi connectivity index (χ3n) is 4.07. The zero-order valence-corrected chi connectivity index (χ0v) is 10.0. The van der Waals surface area contributed by atoms with Gasteiger partial charge in [-0.3, -0.25) is 4.68 Å². The highest BCUT2D eigenvalue weighted by Crippen LogP contribution is 2.42. The van der Waals surface area contributed by atoms with E-state index in [9.17, 15) is 0 Å². The first-order chi connectivity index (χ1) is 7.86. The molecule has 3 nitrogen and oxygen atoms in total. The Morgan fingerprint density at radius 1 is 1.38 bits per heavy atom. The van der Waals surface area contributed by atoms with Crippen molar-refractivity contribution in [3.63, 3.8) is 0 Å². The van der Waals surface area contributed by atoms with Gasteiger partial charge >= 0.3 is 0 Å². The molecule has 3 rings (SSSR count). The topological polar surface area (TPSA) is 29.9 Å². The molecular weight excluding hydrogens is 198 g/mol. The fourth-order valence-electron chi connectivity index (χ4n) is 2.60. The van der Waals surface area contributed by atoms with Crippen LogP contribution in [0.3, 0.4) is 0 Å². The lowest BCUT2D eigenvalue weighted by Crippen LogP contribution is -2.34. The van der Waals surface area contributed by atoms with E-state index in [1.165, 1.54) is 37.8 Å². The summed E-state index contributed by atoms with van der Waals surface area (Å²) in [5.74, 6) is 1.63. The minimum Gasteiger partial charge on any atom is -0.314 e. The Balaban J connectivity index is 1.56. The van der Waals surface area contributed by atoms with Crippen LogP contribution in [-0.4, -0.2) is 22.4 Å². The first kappa shape index (κ1) is 10.3. The molecule has 0 amide bonds. The van der Waals surface area contributed by atoms with Gasteiger partial charge in [-0.1, -0.05) is 0 Å². The molecule has 0 aliphatic heterocycles. The minimum atomic E-state index is 0.770. The highest BCUT2D eigenvalue weighted by molar-refractivity contribution is 5.16. The van der Waals surface area contributed by atoms with Crippen molar-refractivity contribution in [1.29, 1.82) is 0 Å². The summed E-state index contributed by atoms with van der Waals surface area (Å²) in [6.07, 6.45) is 9.83. The SMILES string of the molecule is CCn1cc(C2CCC2CNC2CC2)cn1. The number of nitrogens with one attached hydrogen (secondary N) is 1. The van der Waals surface area contributed by atoms with Gasteiger partial charge in [-0.25, -0.2) is 0 Å². The Bertz CT molecular complexity index is 354. The van der Waals surface area contributed by atoms with Gasteiger partial charge in [-0.05, 0) is 56.6 Å². The molecule has 0 aromatic carbocycles. The van der Waals surface area contributed by atoms with Crippen molar-refractivity contribution in [3.8, 4) is 0 Å². The Labute approximate surface area is 97.2 Å². The largest absolute Gasteiger partial charge is 0.314 e. The highest BCUT2D eigenvalue weighted by atomic mass is 15.3. The molecule has 3 heteroatoms. The molecule has 0 saturated heterocycles. The van der Waals surface area contributed by atoms with Crippen LogP contribution in [0.2, 0.25) is 0 Å². The third kappa shape index (κ3) is 2.01. The van der Waals surface area contributed by atoms with E-state index in [0.29, 0.717) is 0 Å². The molecule has 2 fully saturated rings. The summed E-state index contributed by atoms with van der Waals surface area (Å²) in [6.45, 7) is 4.34. The van der Waals surface area contributed by atoms with E-state index in [1.807, 2.05) is 4.68 Å². The van der Waals surface area contributed by atoms with Crippen molar-refractivity contribution < 1.29 is 0 Å². The van der Waals surface area contributed by atoms with Gasteiger partial charge in [0, 0.05) is 18.8 Å². The average Bonchev–Trinajstić information content (AvgIpc) is 2.96. The van der Waals surface area contributed by atoms with Crippen LogP contribution in [0.1, 0.15) is 44.1 Å². The Morgan fingerprint density at radius 2 is 2.25 bits per heavy atom. The molecule has 16 heavy (non-hydrogen) atoms. The number of rotatable bonds is 5. The van der Waals surface area contributed by atoms with Crippen molar-refractivity contribution in [2.45, 2.75) is 51.1 Å². The van der Waals surface area contributed by atoms with Crippen molar-refractivity contribution in [2.24, 2.45) is 5.92 Å². The predicted octanol–water partition coefficient (Wildman–Crippen LogP) is 2.15. The summed E-state index contributed by atoms with van der Waals surface area (Å²) in [7, 11) is 0. The number of nitrogens with zero attached hydrogens (tertiary/aromatic N) is 2. The van der Waals surface area contributed by atoms with E-state index < -0.39 is 0 Å². The van der Waals surface area contributed by atoms with Gasteiger partial charge in [-0.2, -0.15) is 5.10 Å². The average molecular weight is 219 g/mol. The van der Waals surface area contributed by atoms with E-state index in [4.69, 9.17) is 0 Å². The number of aryl methyl sites for hydroxylation is 1. The zero-order chi connectivity index (χ0) is 11.0. The first-order valence-corrected chi connectivity index (χ1v) is 6.62. The molecule has 0 spiro atoms. The van der Waals surface area contributed by atoms with Crippen LogP contribution in [0.5, 0.6) is 0 Å². The smallest absolute Gasteiger partial charge is 0.0524 e. The van der Waals surface area contributed by atoms with Crippen LogP contribution in [0.4, 0.5) is 0 Å². The lowest BCUT2D eigenvalue weighted by Gasteiger charge is -2.36. The van der Waals surface area contributed by atoms with Crippen LogP contribution in [0.25, 0.3) is 0 Å². The first-order valence-electron chi connectivity index (χ1n) is 6.62. The van der Waals surface area contributed by atoms with E-state index in [-0.39, 0.29) is 0 Å². The molecule has 2 aliphatic carbocycles. The lowest BCUT2D eigenvalue weighted by atomic mass is 9.71. The maximum atomic E-state index is 4.38. The number of hydrogen-bond donors (Lipinski definition) is 1. The second-order valence-electron chi connectivity index (χ2n) is 5.26. The fraction of sp³-hybridized carbons (Fsp3) is 0.769. The normalized spacial score (nSPS) is 29.1. The molecule has 2 unspecified atom stereocenters. The van der Waals surface area contributed by atoms with E-state index >= 15 is 0 Å². The molecule has 0 radical (unpaired) electrons. The molecule has 1 aromatic rings. The summed E-state index contributed by atoms with van der Waals surface area (Å²) in [5, 5.41) is 8.03. The minimum absolute atomic E-state index is 0.770. The van der Waals surface area contributed by atoms with Crippen molar-refractivity contribution in [1.82, 2.24) is 15.1 Å². The summed E-state index contributed by atoms with van der Waals surface area (Å²) >= 11 is 0. The monoisotopic (exact) mass is 219 g/mol. The van der Waals surface area contributed by atoms with Crippen LogP contribution in [0, 0.1) is 5.92 Å². The molecule has 1 aromatic heterocycles. The molecule has 1 heterocycles. The molecule has 1 N–H and O–H groups in total. The fourth-order valence-corrected chi connectivity index (χ4v) is 2.60. The summed E-state index contributed by atoms with van der Waals surface area (Å²) in [5.41, 5.74) is 1.45. The van der Waals surface area contributed by atoms with Crippen LogP contribution in [-0.2, 0) is 6.54 Å². The van der Waals surface area contributed by atoms with E-state index in [1.54, 1.807) is 0 Å². The maximum Gasteiger partial charge on any atom is 0.0524 e. The van der Waals surface area contributed by atoms with Gasteiger partial charge in [0.15, 0.2) is 0 Å². The van der Waals surface area contributed by atoms with E-state index in [0.717, 1.165) is 24.4 Å². The Hall–Kier alpha value is -0.830. The second-order valence-corrected chi connectivity index (χ2v) is 5.26. The number of hydrogen-bond acceptors (Lipinski definition) is 2. The molecular formula is C13H21N3. The van der Waals surface area contributed by atoms with Crippen molar-refractivity contribution in [2.75, 3.05) is 6.54 Å². The lowest BCUT2D eigenvalue weighted by molar-refractivity contribution is 0.245. The van der Waals surface area contributed by atoms with Gasteiger partial charge in [0.1, 0.15) is 0 Å². The van der Waals surface area contributed by atoms with Gasteiger partial charge in [0.05, 0.1) is 6.20 Å². The molecule has 2 atom stereocenters. The second kappa shape index (κ2) is 4.21. The van der Waals surface area contributed by atoms with Gasteiger partial charge in [0.25, 0.3) is 0 Å². The van der Waals surface area contributed by atoms with Crippen molar-refractivity contribution in [3.05, 3.63) is 18.0 Å². The van der Waals surface area contributed by atoms with Gasteiger partial charge in [0.2, 0.25) is 0 Å². The van der Waals surface area contributed by atoms with E-state index in [2.05, 4.69) is 29.7 Å². The van der Waals surface area contributed by atoms with Crippen LogP contribution in [0.15, 0.2) is 12.4 Å². The standard InChI is InChI=1S/C13H21N3/c1-2-16-9-11(8-15-16)13-6-3-10(13)7-14-12-4-5-12/h8-10,12-14H,2-7H2,1H3. The molecule has 2 aliphatic rings. The predicted molar refractivity (Wildman–Crippen MR) is 64.4 cm³/mol. The quantitative estimate of drug-likeness (QED) is 0.822. The molecule has 88 valence electrons. The van der Waals surface area contributed by atoms with Gasteiger partial charge < -0.3 is 5.32 Å². The van der Waals surface area contributed by atoms with Gasteiger partial charge in [-0.15, -0.1) is 0 Å². The van der Waals surface area contributed by atoms with Crippen molar-refractivity contribution >= 4 is 0 Å². The summed E-state index contributed by atoms with van der Waals surface area (Å²) < 4.78 is 2.04. The number of aromatic nitrogens is 2. The molecule has 2 saturated carbocycles. The highest BCUT2D eigenvalue weighted by Gasteiger charge is 2.34. The summed E-state index contributed by atoms with van der Waals surface area (Å²) in [4.78, 5) is 0. The summed E-state index contributed by atoms with van der Waals surface area (Å²) in [6, 6.07) is 0.847.